The summed E-state index contributed by atoms with van der Waals surface area (Å²) < 4.78 is 25.2. The maximum Gasteiger partial charge on any atom is 0.410 e. The number of carbonyl (C=O) groups excluding carboxylic acids is 1. The average Bonchev–Trinajstić information content (AvgIpc) is 2.70. The van der Waals surface area contributed by atoms with Crippen molar-refractivity contribution in [3.63, 3.8) is 0 Å². The number of hydrogen-bond donors (Lipinski definition) is 0. The zero-order chi connectivity index (χ0) is 18.9. The smallest absolute Gasteiger partial charge is 0.410 e. The molecule has 0 N–H and O–H groups in total. The predicted octanol–water partition coefficient (Wildman–Crippen LogP) is 4.52. The first-order valence-corrected chi connectivity index (χ1v) is 8.58. The maximum atomic E-state index is 13.9. The predicted molar refractivity (Wildman–Crippen MR) is 96.0 cm³/mol. The Hall–Kier alpha value is -2.63. The third-order valence-corrected chi connectivity index (χ3v) is 4.12. The van der Waals surface area contributed by atoms with E-state index in [0.29, 0.717) is 24.5 Å². The fourth-order valence-electron chi connectivity index (χ4n) is 2.97. The van der Waals surface area contributed by atoms with Crippen molar-refractivity contribution in [2.24, 2.45) is 0 Å². The summed E-state index contributed by atoms with van der Waals surface area (Å²) in [4.78, 5) is 18.2. The van der Waals surface area contributed by atoms with E-state index < -0.39 is 11.7 Å². The number of aromatic nitrogens is 1. The number of benzene rings is 1. The molecule has 0 bridgehead atoms. The summed E-state index contributed by atoms with van der Waals surface area (Å²) in [7, 11) is 1.68. The van der Waals surface area contributed by atoms with Crippen LogP contribution in [-0.2, 0) is 11.2 Å². The highest BCUT2D eigenvalue weighted by Crippen LogP contribution is 2.39. The second kappa shape index (κ2) is 6.94. The van der Waals surface area contributed by atoms with Gasteiger partial charge < -0.3 is 14.4 Å². The van der Waals surface area contributed by atoms with E-state index in [1.165, 1.54) is 17.0 Å². The molecule has 5 nitrogen and oxygen atoms in total. The lowest BCUT2D eigenvalue weighted by Gasteiger charge is -2.27. The Labute approximate surface area is 152 Å². The van der Waals surface area contributed by atoms with Crippen LogP contribution in [0, 0.1) is 5.82 Å². The lowest BCUT2D eigenvalue weighted by atomic mass is 9.93. The highest BCUT2D eigenvalue weighted by Gasteiger charge is 2.28. The van der Waals surface area contributed by atoms with E-state index >= 15 is 0 Å². The number of amides is 1. The fourth-order valence-corrected chi connectivity index (χ4v) is 2.97. The molecule has 3 rings (SSSR count). The van der Waals surface area contributed by atoms with Crippen LogP contribution in [-0.4, -0.2) is 35.2 Å². The minimum absolute atomic E-state index is 0.158. The maximum absolute atomic E-state index is 13.9. The summed E-state index contributed by atoms with van der Waals surface area (Å²) >= 11 is 0. The van der Waals surface area contributed by atoms with Gasteiger partial charge in [0.15, 0.2) is 0 Å². The van der Waals surface area contributed by atoms with Crippen molar-refractivity contribution >= 4 is 6.09 Å². The van der Waals surface area contributed by atoms with Crippen LogP contribution in [0.4, 0.5) is 9.18 Å². The molecule has 138 valence electrons. The molecule has 1 aromatic heterocycles. The molecule has 1 unspecified atom stereocenters. The van der Waals surface area contributed by atoms with Gasteiger partial charge in [-0.15, -0.1) is 0 Å². The van der Waals surface area contributed by atoms with Crippen molar-refractivity contribution in [3.8, 4) is 11.5 Å². The van der Waals surface area contributed by atoms with Crippen LogP contribution in [0.3, 0.4) is 0 Å². The van der Waals surface area contributed by atoms with E-state index in [1.54, 1.807) is 25.4 Å². The third-order valence-electron chi connectivity index (χ3n) is 4.12. The molecule has 0 saturated heterocycles. The molecule has 0 saturated carbocycles. The average molecular weight is 358 g/mol. The molecule has 0 spiro atoms. The van der Waals surface area contributed by atoms with Crippen molar-refractivity contribution < 1.29 is 18.7 Å². The van der Waals surface area contributed by atoms with Crippen LogP contribution < -0.4 is 4.74 Å². The Balaban J connectivity index is 1.90. The Kier molecular flexibility index (Phi) is 4.85. The monoisotopic (exact) mass is 358 g/mol. The Bertz CT molecular complexity index is 817. The molecule has 1 aliphatic heterocycles. The molecule has 1 aromatic carbocycles. The van der Waals surface area contributed by atoms with E-state index in [-0.39, 0.29) is 11.7 Å². The zero-order valence-electron chi connectivity index (χ0n) is 15.5. The number of halogens is 1. The largest absolute Gasteiger partial charge is 0.455 e. The molecule has 2 aromatic rings. The number of rotatable bonds is 2. The summed E-state index contributed by atoms with van der Waals surface area (Å²) in [5.41, 5.74) is 0.931. The molecule has 26 heavy (non-hydrogen) atoms. The van der Waals surface area contributed by atoms with Gasteiger partial charge in [-0.3, -0.25) is 4.98 Å². The van der Waals surface area contributed by atoms with Crippen LogP contribution in [0.25, 0.3) is 0 Å². The first kappa shape index (κ1) is 18.2. The van der Waals surface area contributed by atoms with Gasteiger partial charge in [-0.2, -0.15) is 0 Å². The van der Waals surface area contributed by atoms with Crippen molar-refractivity contribution in [2.75, 3.05) is 13.6 Å². The topological polar surface area (TPSA) is 51.7 Å². The minimum Gasteiger partial charge on any atom is -0.455 e. The van der Waals surface area contributed by atoms with Gasteiger partial charge >= 0.3 is 6.09 Å². The first-order chi connectivity index (χ1) is 12.2. The fraction of sp³-hybridized carbons (Fsp3) is 0.400. The second-order valence-corrected chi connectivity index (χ2v) is 7.49. The Morgan fingerprint density at radius 1 is 1.35 bits per heavy atom. The molecule has 1 atom stereocenters. The van der Waals surface area contributed by atoms with Gasteiger partial charge in [-0.25, -0.2) is 9.18 Å². The van der Waals surface area contributed by atoms with Gasteiger partial charge in [0.05, 0.1) is 5.69 Å². The zero-order valence-corrected chi connectivity index (χ0v) is 15.5. The number of fused-ring (bicyclic) bond motifs is 2. The number of pyridine rings is 1. The van der Waals surface area contributed by atoms with Gasteiger partial charge in [-0.05, 0) is 51.1 Å². The van der Waals surface area contributed by atoms with E-state index in [9.17, 15) is 9.18 Å². The van der Waals surface area contributed by atoms with Crippen LogP contribution in [0.2, 0.25) is 0 Å². The van der Waals surface area contributed by atoms with Gasteiger partial charge in [0.1, 0.15) is 22.9 Å². The molecule has 1 aliphatic rings. The minimum atomic E-state index is -0.573. The van der Waals surface area contributed by atoms with Crippen LogP contribution in [0.15, 0.2) is 36.5 Å². The molecule has 6 heteroatoms. The van der Waals surface area contributed by atoms with Crippen LogP contribution in [0.1, 0.15) is 37.9 Å². The van der Waals surface area contributed by atoms with E-state index in [1.807, 2.05) is 26.8 Å². The number of likely N-dealkylation sites (N-methyl/N-ethyl adjacent to an activating group) is 1. The second-order valence-electron chi connectivity index (χ2n) is 7.49. The van der Waals surface area contributed by atoms with E-state index in [4.69, 9.17) is 9.47 Å². The first-order valence-electron chi connectivity index (χ1n) is 8.58. The summed E-state index contributed by atoms with van der Waals surface area (Å²) in [6, 6.07) is 8.10. The standard InChI is InChI=1S/C20H23FN2O3/c1-20(2,3)26-19(24)23(4)12-13-10-16-18(6-5-9-22-16)25-17-8-7-14(21)11-15(13)17/h5-9,11,13H,10,12H2,1-4H3. The van der Waals surface area contributed by atoms with Crippen molar-refractivity contribution in [3.05, 3.63) is 53.6 Å². The van der Waals surface area contributed by atoms with Crippen LogP contribution in [0.5, 0.6) is 11.5 Å². The number of hydrogen-bond acceptors (Lipinski definition) is 4. The Morgan fingerprint density at radius 3 is 2.85 bits per heavy atom. The molecule has 0 radical (unpaired) electrons. The van der Waals surface area contributed by atoms with Crippen molar-refractivity contribution in [1.82, 2.24) is 9.88 Å². The quantitative estimate of drug-likeness (QED) is 0.792. The number of ether oxygens (including phenoxy) is 2. The molecular formula is C20H23FN2O3. The van der Waals surface area contributed by atoms with Crippen LogP contribution >= 0.6 is 0 Å². The van der Waals surface area contributed by atoms with Gasteiger partial charge in [0.2, 0.25) is 0 Å². The molecular weight excluding hydrogens is 335 g/mol. The third kappa shape index (κ3) is 4.12. The lowest BCUT2D eigenvalue weighted by Crippen LogP contribution is -2.36. The highest BCUT2D eigenvalue weighted by atomic mass is 19.1. The van der Waals surface area contributed by atoms with Gasteiger partial charge in [0, 0.05) is 37.7 Å². The van der Waals surface area contributed by atoms with Crippen molar-refractivity contribution in [2.45, 2.75) is 38.7 Å². The number of carbonyl (C=O) groups is 1. The SMILES string of the molecule is CN(CC1Cc2ncccc2Oc2ccc(F)cc21)C(=O)OC(C)(C)C. The Morgan fingerprint density at radius 2 is 2.12 bits per heavy atom. The van der Waals surface area contributed by atoms with Gasteiger partial charge in [0.25, 0.3) is 0 Å². The summed E-state index contributed by atoms with van der Waals surface area (Å²) in [5.74, 6) is 0.745. The summed E-state index contributed by atoms with van der Waals surface area (Å²) in [6.45, 7) is 5.83. The van der Waals surface area contributed by atoms with Crippen molar-refractivity contribution in [1.29, 1.82) is 0 Å². The van der Waals surface area contributed by atoms with E-state index in [0.717, 1.165) is 11.3 Å². The molecule has 0 fully saturated rings. The van der Waals surface area contributed by atoms with Gasteiger partial charge in [-0.1, -0.05) is 0 Å². The highest BCUT2D eigenvalue weighted by molar-refractivity contribution is 5.68. The molecule has 0 aliphatic carbocycles. The summed E-state index contributed by atoms with van der Waals surface area (Å²) in [5, 5.41) is 0. The molecule has 1 amide bonds. The summed E-state index contributed by atoms with van der Waals surface area (Å²) in [6.07, 6.45) is 1.83. The normalized spacial score (nSPS) is 16.0. The molecule has 2 heterocycles. The number of nitrogens with zero attached hydrogens (tertiary/aromatic N) is 2. The lowest BCUT2D eigenvalue weighted by molar-refractivity contribution is 0.0288. The van der Waals surface area contributed by atoms with E-state index in [2.05, 4.69) is 4.98 Å².